The molecule has 32 heavy (non-hydrogen) atoms. The van der Waals surface area contributed by atoms with Crippen molar-refractivity contribution in [3.05, 3.63) is 94.5 Å². The van der Waals surface area contributed by atoms with Crippen LogP contribution in [0.5, 0.6) is 5.75 Å². The minimum atomic E-state index is -1.05. The van der Waals surface area contributed by atoms with Crippen molar-refractivity contribution in [1.29, 1.82) is 0 Å². The second-order valence-electron chi connectivity index (χ2n) is 6.98. The van der Waals surface area contributed by atoms with Crippen molar-refractivity contribution in [1.82, 2.24) is 4.98 Å². The predicted octanol–water partition coefficient (Wildman–Crippen LogP) is 4.90. The number of hydrogen-bond acceptors (Lipinski definition) is 5. The molecule has 8 heteroatoms. The summed E-state index contributed by atoms with van der Waals surface area (Å²) in [4.78, 5) is 31.5. The molecule has 0 bridgehead atoms. The van der Waals surface area contributed by atoms with Gasteiger partial charge in [0.25, 0.3) is 11.7 Å². The summed E-state index contributed by atoms with van der Waals surface area (Å²) in [7, 11) is 0. The molecule has 0 radical (unpaired) electrons. The van der Waals surface area contributed by atoms with Gasteiger partial charge < -0.3 is 9.84 Å². The molecular formula is C24H18ClFN2O4. The summed E-state index contributed by atoms with van der Waals surface area (Å²) in [5, 5.41) is 11.5. The normalized spacial score (nSPS) is 17.6. The van der Waals surface area contributed by atoms with E-state index in [9.17, 15) is 19.1 Å². The van der Waals surface area contributed by atoms with E-state index in [1.165, 1.54) is 42.6 Å². The van der Waals surface area contributed by atoms with Gasteiger partial charge in [0.15, 0.2) is 0 Å². The molecule has 4 rings (SSSR count). The number of Topliss-reactive ketones (excluding diaryl/α,β-unsaturated/α-hetero) is 1. The quantitative estimate of drug-likeness (QED) is 0.338. The van der Waals surface area contributed by atoms with Gasteiger partial charge in [-0.1, -0.05) is 23.7 Å². The Morgan fingerprint density at radius 2 is 1.97 bits per heavy atom. The molecule has 1 aromatic heterocycles. The minimum Gasteiger partial charge on any atom is -0.507 e. The van der Waals surface area contributed by atoms with Gasteiger partial charge in [0, 0.05) is 17.4 Å². The Hall–Kier alpha value is -3.71. The molecule has 1 aliphatic rings. The molecule has 1 amide bonds. The van der Waals surface area contributed by atoms with Crippen molar-refractivity contribution < 1.29 is 23.8 Å². The van der Waals surface area contributed by atoms with Gasteiger partial charge in [-0.15, -0.1) is 0 Å². The molecule has 0 spiro atoms. The van der Waals surface area contributed by atoms with E-state index in [2.05, 4.69) is 4.98 Å². The van der Waals surface area contributed by atoms with Gasteiger partial charge in [0.05, 0.1) is 22.9 Å². The molecule has 3 aromatic rings. The number of carbonyl (C=O) groups excluding carboxylic acids is 2. The van der Waals surface area contributed by atoms with Crippen LogP contribution in [-0.4, -0.2) is 28.4 Å². The number of aromatic nitrogens is 1. The third-order valence-electron chi connectivity index (χ3n) is 5.00. The van der Waals surface area contributed by atoms with E-state index < -0.39 is 29.3 Å². The minimum absolute atomic E-state index is 0.164. The van der Waals surface area contributed by atoms with Gasteiger partial charge in [-0.05, 0) is 55.5 Å². The number of halogens is 2. The second kappa shape index (κ2) is 8.80. The van der Waals surface area contributed by atoms with Crippen LogP contribution < -0.4 is 9.64 Å². The summed E-state index contributed by atoms with van der Waals surface area (Å²) in [6.45, 7) is 2.14. The Labute approximate surface area is 188 Å². The molecular weight excluding hydrogens is 435 g/mol. The van der Waals surface area contributed by atoms with E-state index in [0.717, 1.165) is 11.0 Å². The highest BCUT2D eigenvalue weighted by Gasteiger charge is 2.47. The van der Waals surface area contributed by atoms with Gasteiger partial charge in [0.1, 0.15) is 23.4 Å². The van der Waals surface area contributed by atoms with E-state index in [1.807, 2.05) is 0 Å². The highest BCUT2D eigenvalue weighted by Crippen LogP contribution is 2.42. The van der Waals surface area contributed by atoms with Crippen molar-refractivity contribution >= 4 is 34.7 Å². The summed E-state index contributed by atoms with van der Waals surface area (Å²) >= 11 is 6.14. The highest BCUT2D eigenvalue weighted by atomic mass is 35.5. The number of amides is 1. The summed E-state index contributed by atoms with van der Waals surface area (Å²) in [5.74, 6) is -2.45. The van der Waals surface area contributed by atoms with Crippen LogP contribution in [-0.2, 0) is 9.59 Å². The number of aliphatic hydroxyl groups excluding tert-OH is 1. The standard InChI is InChI=1S/C24H18ClFN2O4/c1-2-32-19-12-14(9-10-17(19)25)22(29)20-21(18-8-3-4-11-27-18)28(24(31)23(20)30)16-7-5-6-15(26)13-16/h3-13,21,29H,2H2,1H3/b22-20+. The van der Waals surface area contributed by atoms with Crippen LogP contribution in [0.3, 0.4) is 0 Å². The third-order valence-corrected chi connectivity index (χ3v) is 5.32. The van der Waals surface area contributed by atoms with Crippen LogP contribution in [0.1, 0.15) is 24.2 Å². The van der Waals surface area contributed by atoms with Gasteiger partial charge in [0.2, 0.25) is 0 Å². The Morgan fingerprint density at radius 1 is 1.16 bits per heavy atom. The summed E-state index contributed by atoms with van der Waals surface area (Å²) in [6, 6.07) is 13.8. The fourth-order valence-electron chi connectivity index (χ4n) is 3.61. The highest BCUT2D eigenvalue weighted by molar-refractivity contribution is 6.51. The van der Waals surface area contributed by atoms with Crippen molar-refractivity contribution in [3.8, 4) is 5.75 Å². The lowest BCUT2D eigenvalue weighted by molar-refractivity contribution is -0.132. The molecule has 1 atom stereocenters. The summed E-state index contributed by atoms with van der Waals surface area (Å²) in [5.41, 5.74) is 0.600. The lowest BCUT2D eigenvalue weighted by atomic mass is 9.98. The first-order valence-electron chi connectivity index (χ1n) is 9.82. The molecule has 1 saturated heterocycles. The summed E-state index contributed by atoms with van der Waals surface area (Å²) < 4.78 is 19.4. The molecule has 1 aliphatic heterocycles. The van der Waals surface area contributed by atoms with Crippen molar-refractivity contribution in [2.24, 2.45) is 0 Å². The van der Waals surface area contributed by atoms with Crippen LogP contribution in [0.15, 0.2) is 72.4 Å². The second-order valence-corrected chi connectivity index (χ2v) is 7.39. The average molecular weight is 453 g/mol. The van der Waals surface area contributed by atoms with E-state index >= 15 is 0 Å². The Morgan fingerprint density at radius 3 is 2.66 bits per heavy atom. The zero-order valence-electron chi connectivity index (χ0n) is 17.0. The van der Waals surface area contributed by atoms with Crippen LogP contribution >= 0.6 is 11.6 Å². The van der Waals surface area contributed by atoms with Gasteiger partial charge in [-0.25, -0.2) is 4.39 Å². The van der Waals surface area contributed by atoms with Crippen molar-refractivity contribution in [2.75, 3.05) is 11.5 Å². The molecule has 1 fully saturated rings. The third kappa shape index (κ3) is 3.83. The van der Waals surface area contributed by atoms with Crippen LogP contribution in [0.2, 0.25) is 5.02 Å². The number of ketones is 1. The number of carbonyl (C=O) groups is 2. The maximum atomic E-state index is 13.9. The zero-order chi connectivity index (χ0) is 22.8. The Bertz CT molecular complexity index is 1230. The van der Waals surface area contributed by atoms with E-state index in [1.54, 1.807) is 25.1 Å². The first-order valence-corrected chi connectivity index (χ1v) is 10.2. The molecule has 162 valence electrons. The smallest absolute Gasteiger partial charge is 0.300 e. The Kier molecular flexibility index (Phi) is 5.92. The lowest BCUT2D eigenvalue weighted by Crippen LogP contribution is -2.29. The maximum absolute atomic E-state index is 13.9. The van der Waals surface area contributed by atoms with E-state index in [4.69, 9.17) is 16.3 Å². The zero-order valence-corrected chi connectivity index (χ0v) is 17.7. The van der Waals surface area contributed by atoms with Crippen LogP contribution in [0, 0.1) is 5.82 Å². The number of anilines is 1. The maximum Gasteiger partial charge on any atom is 0.300 e. The number of benzene rings is 2. The topological polar surface area (TPSA) is 79.7 Å². The SMILES string of the molecule is CCOc1cc(/C(O)=C2\C(=O)C(=O)N(c3cccc(F)c3)C2c2ccccn2)ccc1Cl. The number of aliphatic hydroxyl groups is 1. The molecule has 0 aliphatic carbocycles. The number of pyridine rings is 1. The lowest BCUT2D eigenvalue weighted by Gasteiger charge is -2.24. The van der Waals surface area contributed by atoms with E-state index in [0.29, 0.717) is 23.1 Å². The molecule has 1 N–H and O–H groups in total. The molecule has 2 aromatic carbocycles. The van der Waals surface area contributed by atoms with Crippen LogP contribution in [0.25, 0.3) is 5.76 Å². The van der Waals surface area contributed by atoms with Gasteiger partial charge in [-0.2, -0.15) is 0 Å². The first-order chi connectivity index (χ1) is 15.4. The monoisotopic (exact) mass is 452 g/mol. The van der Waals surface area contributed by atoms with E-state index in [-0.39, 0.29) is 16.8 Å². The fourth-order valence-corrected chi connectivity index (χ4v) is 3.79. The molecule has 0 saturated carbocycles. The Balaban J connectivity index is 1.93. The fraction of sp³-hybridized carbons (Fsp3) is 0.125. The van der Waals surface area contributed by atoms with Crippen LogP contribution in [0.4, 0.5) is 10.1 Å². The largest absolute Gasteiger partial charge is 0.507 e. The van der Waals surface area contributed by atoms with Gasteiger partial charge in [-0.3, -0.25) is 19.5 Å². The average Bonchev–Trinajstić information content (AvgIpc) is 3.06. The number of ether oxygens (including phenoxy) is 1. The first kappa shape index (κ1) is 21.5. The van der Waals surface area contributed by atoms with Gasteiger partial charge >= 0.3 is 0 Å². The van der Waals surface area contributed by atoms with Crippen molar-refractivity contribution in [3.63, 3.8) is 0 Å². The summed E-state index contributed by atoms with van der Waals surface area (Å²) in [6.07, 6.45) is 1.51. The number of rotatable bonds is 5. The molecule has 6 nitrogen and oxygen atoms in total. The molecule has 2 heterocycles. The van der Waals surface area contributed by atoms with Crippen molar-refractivity contribution in [2.45, 2.75) is 13.0 Å². The predicted molar refractivity (Wildman–Crippen MR) is 118 cm³/mol. The number of hydrogen-bond donors (Lipinski definition) is 1. The number of nitrogens with zero attached hydrogens (tertiary/aromatic N) is 2. The molecule has 1 unspecified atom stereocenters.